The number of likely N-dealkylation sites (N-methyl/N-ethyl adjacent to an activating group) is 1. The van der Waals surface area contributed by atoms with E-state index >= 15 is 4.39 Å². The summed E-state index contributed by atoms with van der Waals surface area (Å²) in [5.41, 5.74) is 0.997. The van der Waals surface area contributed by atoms with Gasteiger partial charge in [0.15, 0.2) is 11.0 Å². The van der Waals surface area contributed by atoms with Gasteiger partial charge in [-0.2, -0.15) is 4.98 Å². The molecule has 0 spiro atoms. The molecule has 2 aromatic rings. The van der Waals surface area contributed by atoms with Crippen LogP contribution >= 0.6 is 11.6 Å². The number of aryl methyl sites for hydroxylation is 1. The van der Waals surface area contributed by atoms with Crippen molar-refractivity contribution < 1.29 is 18.7 Å². The first-order valence-electron chi connectivity index (χ1n) is 12.6. The number of hydrogen-bond donors (Lipinski definition) is 0. The molecule has 0 aromatic carbocycles. The van der Waals surface area contributed by atoms with E-state index in [0.717, 1.165) is 30.6 Å². The van der Waals surface area contributed by atoms with Gasteiger partial charge in [0.25, 0.3) is 0 Å². The molecule has 10 heteroatoms. The van der Waals surface area contributed by atoms with Crippen molar-refractivity contribution in [1.82, 2.24) is 19.8 Å². The lowest BCUT2D eigenvalue weighted by Crippen LogP contribution is -2.65. The van der Waals surface area contributed by atoms with Crippen LogP contribution in [0.4, 0.5) is 15.0 Å². The number of ether oxygens (including phenoxy) is 2. The number of anilines is 1. The summed E-state index contributed by atoms with van der Waals surface area (Å²) in [5, 5.41) is 0.765. The van der Waals surface area contributed by atoms with Crippen LogP contribution in [0.2, 0.25) is 5.15 Å². The van der Waals surface area contributed by atoms with Crippen LogP contribution in [0.1, 0.15) is 51.8 Å². The minimum absolute atomic E-state index is 0.0247. The fraction of sp³-hybridized carbons (Fsp3) is 0.654. The maximum Gasteiger partial charge on any atom is 0.410 e. The minimum Gasteiger partial charge on any atom is -0.472 e. The van der Waals surface area contributed by atoms with Crippen molar-refractivity contribution in [3.8, 4) is 5.88 Å². The highest BCUT2D eigenvalue weighted by molar-refractivity contribution is 6.30. The minimum atomic E-state index is -0.584. The highest BCUT2D eigenvalue weighted by Gasteiger charge is 2.53. The van der Waals surface area contributed by atoms with Crippen LogP contribution in [0.5, 0.6) is 5.88 Å². The zero-order chi connectivity index (χ0) is 26.1. The quantitative estimate of drug-likeness (QED) is 0.550. The molecule has 8 nitrogen and oxygen atoms in total. The molecular formula is C26H35ClFN5O3. The Labute approximate surface area is 216 Å². The van der Waals surface area contributed by atoms with E-state index in [2.05, 4.69) is 14.8 Å². The molecule has 0 N–H and O–H groups in total. The highest BCUT2D eigenvalue weighted by atomic mass is 35.5. The zero-order valence-corrected chi connectivity index (χ0v) is 22.8. The predicted molar refractivity (Wildman–Crippen MR) is 138 cm³/mol. The average molecular weight is 520 g/mol. The Kier molecular flexibility index (Phi) is 6.23. The zero-order valence-electron chi connectivity index (χ0n) is 22.1. The first-order chi connectivity index (χ1) is 16.9. The van der Waals surface area contributed by atoms with Crippen molar-refractivity contribution in [3.05, 3.63) is 22.2 Å². The van der Waals surface area contributed by atoms with Crippen molar-refractivity contribution in [2.24, 2.45) is 0 Å². The molecule has 2 bridgehead atoms. The molecule has 5 heterocycles. The average Bonchev–Trinajstić information content (AvgIpc) is 3.02. The van der Waals surface area contributed by atoms with E-state index in [4.69, 9.17) is 26.1 Å². The van der Waals surface area contributed by atoms with Gasteiger partial charge in [-0.05, 0) is 67.1 Å². The normalized spacial score (nSPS) is 25.2. The summed E-state index contributed by atoms with van der Waals surface area (Å²) < 4.78 is 27.7. The SMILES string of the molecule is Cc1c(CCN(C)C)nc2c3c(nc(Cl)c(F)c13)O[C@@H](C)[C@@H]1[C@@H]3CC[C@H](CN21)N3C(=O)OC(C)(C)C. The van der Waals surface area contributed by atoms with E-state index in [1.807, 2.05) is 53.6 Å². The maximum absolute atomic E-state index is 15.5. The van der Waals surface area contributed by atoms with E-state index in [-0.39, 0.29) is 35.5 Å². The lowest BCUT2D eigenvalue weighted by molar-refractivity contribution is 0.000955. The van der Waals surface area contributed by atoms with Crippen molar-refractivity contribution >= 4 is 34.3 Å². The standard InChI is InChI=1S/C26H35ClFN5O3/c1-13-16(10-11-31(6)7)29-23-19-18(13)20(28)22(27)30-24(19)35-14(2)21-17-9-8-15(12-32(21)23)33(17)25(34)36-26(3,4)5/h14-15,17,21H,8-12H2,1-7H3/t14-,15+,17-,21+/m0/s1. The van der Waals surface area contributed by atoms with Gasteiger partial charge in [0, 0.05) is 30.6 Å². The van der Waals surface area contributed by atoms with Gasteiger partial charge in [-0.15, -0.1) is 0 Å². The Morgan fingerprint density at radius 2 is 1.97 bits per heavy atom. The molecule has 4 atom stereocenters. The Hall–Kier alpha value is -2.39. The van der Waals surface area contributed by atoms with Gasteiger partial charge < -0.3 is 19.3 Å². The van der Waals surface area contributed by atoms with Crippen LogP contribution in [0.3, 0.4) is 0 Å². The van der Waals surface area contributed by atoms with E-state index in [9.17, 15) is 4.79 Å². The van der Waals surface area contributed by atoms with E-state index in [1.54, 1.807) is 0 Å². The highest BCUT2D eigenvalue weighted by Crippen LogP contribution is 2.47. The summed E-state index contributed by atoms with van der Waals surface area (Å²) >= 11 is 6.27. The molecule has 0 aliphatic carbocycles. The number of pyridine rings is 2. The smallest absolute Gasteiger partial charge is 0.410 e. The maximum atomic E-state index is 15.5. The number of halogens is 2. The van der Waals surface area contributed by atoms with E-state index in [0.29, 0.717) is 35.4 Å². The van der Waals surface area contributed by atoms with Gasteiger partial charge in [-0.25, -0.2) is 14.2 Å². The van der Waals surface area contributed by atoms with E-state index < -0.39 is 11.4 Å². The third kappa shape index (κ3) is 4.14. The van der Waals surface area contributed by atoms with Crippen LogP contribution in [-0.2, 0) is 11.2 Å². The Bertz CT molecular complexity index is 1220. The van der Waals surface area contributed by atoms with Crippen molar-refractivity contribution in [3.63, 3.8) is 0 Å². The van der Waals surface area contributed by atoms with Crippen LogP contribution in [-0.4, -0.2) is 82.9 Å². The van der Waals surface area contributed by atoms with Crippen LogP contribution in [0.15, 0.2) is 0 Å². The van der Waals surface area contributed by atoms with Gasteiger partial charge in [0.2, 0.25) is 5.88 Å². The summed E-state index contributed by atoms with van der Waals surface area (Å²) in [6.07, 6.45) is 1.73. The summed E-state index contributed by atoms with van der Waals surface area (Å²) in [6.45, 7) is 10.8. The predicted octanol–water partition coefficient (Wildman–Crippen LogP) is 4.57. The molecule has 2 aromatic heterocycles. The molecule has 3 aliphatic rings. The molecule has 2 saturated heterocycles. The fourth-order valence-corrected chi connectivity index (χ4v) is 6.14. The molecule has 196 valence electrons. The third-order valence-corrected chi connectivity index (χ3v) is 7.75. The molecule has 36 heavy (non-hydrogen) atoms. The summed E-state index contributed by atoms with van der Waals surface area (Å²) in [6, 6.07) is -0.331. The number of rotatable bonds is 3. The number of fused-ring (bicyclic) bond motifs is 5. The number of piperazine rings is 1. The summed E-state index contributed by atoms with van der Waals surface area (Å²) in [5.74, 6) is 0.410. The number of hydrogen-bond acceptors (Lipinski definition) is 7. The molecule has 0 radical (unpaired) electrons. The molecule has 2 fully saturated rings. The second-order valence-corrected chi connectivity index (χ2v) is 11.8. The second kappa shape index (κ2) is 8.87. The topological polar surface area (TPSA) is 71.0 Å². The second-order valence-electron chi connectivity index (χ2n) is 11.5. The lowest BCUT2D eigenvalue weighted by atomic mass is 9.97. The van der Waals surface area contributed by atoms with Crippen LogP contribution in [0.25, 0.3) is 10.8 Å². The number of carbonyl (C=O) groups excluding carboxylic acids is 1. The van der Waals surface area contributed by atoms with E-state index in [1.165, 1.54) is 0 Å². The molecule has 3 aliphatic heterocycles. The molecule has 0 saturated carbocycles. The summed E-state index contributed by atoms with van der Waals surface area (Å²) in [7, 11) is 4.01. The number of nitrogens with zero attached hydrogens (tertiary/aromatic N) is 5. The molecule has 1 amide bonds. The molecule has 5 rings (SSSR count). The first-order valence-corrected chi connectivity index (χ1v) is 13.0. The monoisotopic (exact) mass is 519 g/mol. The molecule has 0 unspecified atom stereocenters. The number of aromatic nitrogens is 2. The lowest BCUT2D eigenvalue weighted by Gasteiger charge is -2.48. The van der Waals surface area contributed by atoms with Crippen molar-refractivity contribution in [2.75, 3.05) is 32.1 Å². The summed E-state index contributed by atoms with van der Waals surface area (Å²) in [4.78, 5) is 28.8. The van der Waals surface area contributed by atoms with Gasteiger partial charge in [0.1, 0.15) is 17.5 Å². The van der Waals surface area contributed by atoms with Gasteiger partial charge >= 0.3 is 6.09 Å². The van der Waals surface area contributed by atoms with Crippen LogP contribution < -0.4 is 9.64 Å². The number of amides is 1. The van der Waals surface area contributed by atoms with Crippen molar-refractivity contribution in [2.45, 2.75) is 83.7 Å². The third-order valence-electron chi connectivity index (χ3n) is 7.50. The Morgan fingerprint density at radius 1 is 1.25 bits per heavy atom. The fourth-order valence-electron chi connectivity index (χ4n) is 5.97. The molecular weight excluding hydrogens is 485 g/mol. The van der Waals surface area contributed by atoms with Gasteiger partial charge in [-0.1, -0.05) is 11.6 Å². The van der Waals surface area contributed by atoms with Gasteiger partial charge in [-0.3, -0.25) is 4.90 Å². The Balaban J connectivity index is 1.65. The van der Waals surface area contributed by atoms with Crippen LogP contribution in [0, 0.1) is 12.7 Å². The Morgan fingerprint density at radius 3 is 2.64 bits per heavy atom. The number of carbonyl (C=O) groups is 1. The first kappa shape index (κ1) is 25.3. The van der Waals surface area contributed by atoms with Crippen molar-refractivity contribution in [1.29, 1.82) is 0 Å². The van der Waals surface area contributed by atoms with Gasteiger partial charge in [0.05, 0.1) is 23.5 Å². The largest absolute Gasteiger partial charge is 0.472 e.